The summed E-state index contributed by atoms with van der Waals surface area (Å²) in [5.41, 5.74) is 8.00. The first-order valence-corrected chi connectivity index (χ1v) is 10.3. The lowest BCUT2D eigenvalue weighted by molar-refractivity contribution is 0.249. The van der Waals surface area contributed by atoms with Gasteiger partial charge in [-0.25, -0.2) is 4.98 Å². The molecule has 2 aliphatic rings. The van der Waals surface area contributed by atoms with Gasteiger partial charge >= 0.3 is 0 Å². The predicted octanol–water partition coefficient (Wildman–Crippen LogP) is 3.89. The average molecular weight is 406 g/mol. The summed E-state index contributed by atoms with van der Waals surface area (Å²) in [5, 5.41) is 0.952. The summed E-state index contributed by atoms with van der Waals surface area (Å²) in [6.07, 6.45) is 2.32. The quantitative estimate of drug-likeness (QED) is 0.835. The van der Waals surface area contributed by atoms with Crippen molar-refractivity contribution in [2.75, 3.05) is 54.8 Å². The fourth-order valence-corrected chi connectivity index (χ4v) is 4.40. The third kappa shape index (κ3) is 3.96. The van der Waals surface area contributed by atoms with Gasteiger partial charge in [-0.2, -0.15) is 0 Å². The zero-order valence-corrected chi connectivity index (χ0v) is 16.9. The van der Waals surface area contributed by atoms with Crippen molar-refractivity contribution in [2.24, 2.45) is 0 Å². The van der Waals surface area contributed by atoms with Gasteiger partial charge in [-0.05, 0) is 18.4 Å². The Morgan fingerprint density at radius 3 is 1.96 bits per heavy atom. The van der Waals surface area contributed by atoms with E-state index in [0.29, 0.717) is 15.7 Å². The number of nitrogen functional groups attached to an aromatic ring is 1. The van der Waals surface area contributed by atoms with Gasteiger partial charge in [0, 0.05) is 45.8 Å². The van der Waals surface area contributed by atoms with E-state index >= 15 is 0 Å². The average Bonchev–Trinajstić information content (AvgIpc) is 3.23. The topological polar surface area (TPSA) is 48.6 Å². The molecule has 5 nitrogen and oxygen atoms in total. The van der Waals surface area contributed by atoms with Gasteiger partial charge in [0.15, 0.2) is 11.6 Å². The smallest absolute Gasteiger partial charge is 0.152 e. The minimum Gasteiger partial charge on any atom is -0.396 e. The van der Waals surface area contributed by atoms with E-state index in [1.165, 1.54) is 5.56 Å². The van der Waals surface area contributed by atoms with Crippen LogP contribution in [-0.4, -0.2) is 49.2 Å². The molecule has 7 heteroatoms. The normalized spacial score (nSPS) is 18.3. The van der Waals surface area contributed by atoms with E-state index in [-0.39, 0.29) is 0 Å². The van der Waals surface area contributed by atoms with Crippen LogP contribution in [-0.2, 0) is 6.54 Å². The highest BCUT2D eigenvalue weighted by molar-refractivity contribution is 6.41. The molecular weight excluding hydrogens is 381 g/mol. The zero-order valence-electron chi connectivity index (χ0n) is 15.4. The van der Waals surface area contributed by atoms with E-state index in [0.717, 1.165) is 70.3 Å². The molecule has 27 heavy (non-hydrogen) atoms. The summed E-state index contributed by atoms with van der Waals surface area (Å²) >= 11 is 13.0. The van der Waals surface area contributed by atoms with Crippen molar-refractivity contribution in [3.63, 3.8) is 0 Å². The predicted molar refractivity (Wildman–Crippen MR) is 114 cm³/mol. The fraction of sp³-hybridized carbons (Fsp3) is 0.450. The molecule has 0 radical (unpaired) electrons. The van der Waals surface area contributed by atoms with Gasteiger partial charge < -0.3 is 15.5 Å². The summed E-state index contributed by atoms with van der Waals surface area (Å²) in [4.78, 5) is 11.7. The van der Waals surface area contributed by atoms with Crippen LogP contribution in [0.3, 0.4) is 0 Å². The molecule has 1 aromatic heterocycles. The summed E-state index contributed by atoms with van der Waals surface area (Å²) in [7, 11) is 0. The summed E-state index contributed by atoms with van der Waals surface area (Å²) in [6, 6.07) is 10.6. The highest BCUT2D eigenvalue weighted by Crippen LogP contribution is 2.41. The lowest BCUT2D eigenvalue weighted by Gasteiger charge is -2.36. The van der Waals surface area contributed by atoms with E-state index in [1.54, 1.807) is 0 Å². The van der Waals surface area contributed by atoms with Gasteiger partial charge in [-0.15, -0.1) is 0 Å². The second kappa shape index (κ2) is 8.13. The van der Waals surface area contributed by atoms with Gasteiger partial charge in [0.25, 0.3) is 0 Å². The minimum absolute atomic E-state index is 0.442. The van der Waals surface area contributed by atoms with Crippen LogP contribution in [0.1, 0.15) is 18.4 Å². The molecule has 0 unspecified atom stereocenters. The number of nitrogens with two attached hydrogens (primary N) is 1. The van der Waals surface area contributed by atoms with Crippen molar-refractivity contribution in [2.45, 2.75) is 19.4 Å². The second-order valence-electron chi connectivity index (χ2n) is 7.24. The highest BCUT2D eigenvalue weighted by Gasteiger charge is 2.26. The summed E-state index contributed by atoms with van der Waals surface area (Å²) in [6.45, 7) is 6.59. The molecule has 0 aliphatic carbocycles. The Labute approximate surface area is 170 Å². The number of hydrogen-bond acceptors (Lipinski definition) is 5. The van der Waals surface area contributed by atoms with Gasteiger partial charge in [0.1, 0.15) is 10.0 Å². The van der Waals surface area contributed by atoms with Crippen LogP contribution in [0, 0.1) is 0 Å². The second-order valence-corrected chi connectivity index (χ2v) is 8.00. The van der Waals surface area contributed by atoms with Crippen LogP contribution in [0.15, 0.2) is 30.3 Å². The Bertz CT molecular complexity index is 785. The maximum absolute atomic E-state index is 6.53. The van der Waals surface area contributed by atoms with E-state index in [9.17, 15) is 0 Å². The number of pyridine rings is 1. The maximum atomic E-state index is 6.53. The van der Waals surface area contributed by atoms with Crippen molar-refractivity contribution >= 4 is 40.5 Å². The molecule has 0 amide bonds. The van der Waals surface area contributed by atoms with Crippen molar-refractivity contribution in [1.29, 1.82) is 0 Å². The Kier molecular flexibility index (Phi) is 5.62. The Balaban J connectivity index is 1.49. The fourth-order valence-electron chi connectivity index (χ4n) is 3.84. The number of benzene rings is 1. The van der Waals surface area contributed by atoms with Crippen molar-refractivity contribution in [3.8, 4) is 0 Å². The Hall–Kier alpha value is -1.69. The molecule has 3 heterocycles. The lowest BCUT2D eigenvalue weighted by atomic mass is 10.2. The number of anilines is 3. The first-order chi connectivity index (χ1) is 13.1. The number of halogens is 2. The Morgan fingerprint density at radius 2 is 1.37 bits per heavy atom. The standard InChI is InChI=1S/C20H25Cl2N5/c21-16-18(23)17(22)20(24-19(16)26-8-4-5-9-26)27-12-10-25(11-13-27)14-15-6-2-1-3-7-15/h1-3,6-7H,4-5,8-14H2,(H2,23,24). The van der Waals surface area contributed by atoms with Gasteiger partial charge in [-0.1, -0.05) is 53.5 Å². The highest BCUT2D eigenvalue weighted by atomic mass is 35.5. The Morgan fingerprint density at radius 1 is 0.815 bits per heavy atom. The lowest BCUT2D eigenvalue weighted by Crippen LogP contribution is -2.46. The molecule has 2 fully saturated rings. The molecule has 0 saturated carbocycles. The molecular formula is C20H25Cl2N5. The molecule has 4 rings (SSSR count). The summed E-state index contributed by atoms with van der Waals surface area (Å²) in [5.74, 6) is 1.54. The van der Waals surface area contributed by atoms with E-state index in [4.69, 9.17) is 33.9 Å². The maximum Gasteiger partial charge on any atom is 0.152 e. The first kappa shape index (κ1) is 18.7. The van der Waals surface area contributed by atoms with Crippen molar-refractivity contribution in [1.82, 2.24) is 9.88 Å². The summed E-state index contributed by atoms with van der Waals surface area (Å²) < 4.78 is 0. The number of hydrogen-bond donors (Lipinski definition) is 1. The molecule has 144 valence electrons. The van der Waals surface area contributed by atoms with Gasteiger partial charge in [0.2, 0.25) is 0 Å². The number of piperazine rings is 1. The third-order valence-electron chi connectivity index (χ3n) is 5.40. The van der Waals surface area contributed by atoms with Gasteiger partial charge in [-0.3, -0.25) is 4.90 Å². The van der Waals surface area contributed by atoms with Crippen LogP contribution in [0.5, 0.6) is 0 Å². The van der Waals surface area contributed by atoms with Crippen LogP contribution in [0.2, 0.25) is 10.0 Å². The molecule has 2 aromatic rings. The molecule has 0 atom stereocenters. The van der Waals surface area contributed by atoms with E-state index in [2.05, 4.69) is 45.0 Å². The van der Waals surface area contributed by atoms with E-state index < -0.39 is 0 Å². The number of aromatic nitrogens is 1. The van der Waals surface area contributed by atoms with Crippen molar-refractivity contribution in [3.05, 3.63) is 45.9 Å². The van der Waals surface area contributed by atoms with Crippen LogP contribution >= 0.6 is 23.2 Å². The minimum atomic E-state index is 0.442. The monoisotopic (exact) mass is 405 g/mol. The molecule has 0 spiro atoms. The zero-order chi connectivity index (χ0) is 18.8. The molecule has 1 aromatic carbocycles. The molecule has 2 saturated heterocycles. The third-order valence-corrected chi connectivity index (χ3v) is 6.15. The van der Waals surface area contributed by atoms with Crippen LogP contribution in [0.4, 0.5) is 17.3 Å². The molecule has 0 bridgehead atoms. The molecule has 2 aliphatic heterocycles. The van der Waals surface area contributed by atoms with Crippen LogP contribution < -0.4 is 15.5 Å². The van der Waals surface area contributed by atoms with Gasteiger partial charge in [0.05, 0.1) is 5.69 Å². The van der Waals surface area contributed by atoms with E-state index in [1.807, 2.05) is 0 Å². The number of nitrogens with zero attached hydrogens (tertiary/aromatic N) is 4. The number of rotatable bonds is 4. The van der Waals surface area contributed by atoms with Crippen molar-refractivity contribution < 1.29 is 0 Å². The SMILES string of the molecule is Nc1c(Cl)c(N2CCCC2)nc(N2CCN(Cc3ccccc3)CC2)c1Cl. The van der Waals surface area contributed by atoms with Crippen LogP contribution in [0.25, 0.3) is 0 Å². The first-order valence-electron chi connectivity index (χ1n) is 9.54. The largest absolute Gasteiger partial charge is 0.396 e. The molecule has 2 N–H and O–H groups in total.